The van der Waals surface area contributed by atoms with Crippen LogP contribution >= 0.6 is 0 Å². The van der Waals surface area contributed by atoms with E-state index in [1.54, 1.807) is 9.80 Å². The number of likely N-dealkylation sites (tertiary alicyclic amines) is 3. The Morgan fingerprint density at radius 1 is 1.09 bits per heavy atom. The molecule has 0 spiro atoms. The molecule has 3 saturated heterocycles. The molecular weight excluding hydrogens is 282 g/mol. The maximum atomic E-state index is 12.9. The molecular formula is C16H26N3O3. The number of nitrogens with zero attached hydrogens (tertiary/aromatic N) is 3. The molecule has 1 radical (unpaired) electrons. The third-order valence-corrected chi connectivity index (χ3v) is 5.51. The summed E-state index contributed by atoms with van der Waals surface area (Å²) in [5, 5.41) is 9.44. The molecule has 3 heterocycles. The minimum Gasteiger partial charge on any atom is -0.394 e. The van der Waals surface area contributed by atoms with Crippen molar-refractivity contribution in [1.82, 2.24) is 14.7 Å². The van der Waals surface area contributed by atoms with Crippen LogP contribution in [-0.2, 0) is 9.59 Å². The second-order valence-electron chi connectivity index (χ2n) is 6.73. The van der Waals surface area contributed by atoms with Gasteiger partial charge in [-0.2, -0.15) is 0 Å². The van der Waals surface area contributed by atoms with Crippen LogP contribution in [0.3, 0.4) is 0 Å². The summed E-state index contributed by atoms with van der Waals surface area (Å²) in [5.74, 6) is 0.00352. The highest BCUT2D eigenvalue weighted by Gasteiger charge is 2.40. The van der Waals surface area contributed by atoms with Gasteiger partial charge in [-0.15, -0.1) is 0 Å². The molecule has 6 nitrogen and oxygen atoms in total. The van der Waals surface area contributed by atoms with Gasteiger partial charge in [-0.25, -0.2) is 0 Å². The third kappa shape index (κ3) is 2.99. The Balaban J connectivity index is 1.70. The summed E-state index contributed by atoms with van der Waals surface area (Å²) in [4.78, 5) is 29.9. The standard InChI is InChI=1S/C16H26N3O3/c20-11-14-4-3-8-19(14)16(22)15-10-13(5-9-18(15)12-21)17-6-1-2-7-17/h13-15,20H,1-11H2. The Bertz CT molecular complexity index is 411. The first-order valence-corrected chi connectivity index (χ1v) is 8.54. The monoisotopic (exact) mass is 308 g/mol. The van der Waals surface area contributed by atoms with E-state index in [1.165, 1.54) is 12.8 Å². The van der Waals surface area contributed by atoms with Crippen LogP contribution < -0.4 is 0 Å². The number of rotatable bonds is 4. The van der Waals surface area contributed by atoms with Crippen LogP contribution in [0.1, 0.15) is 38.5 Å². The highest BCUT2D eigenvalue weighted by molar-refractivity contribution is 5.84. The van der Waals surface area contributed by atoms with E-state index in [1.807, 2.05) is 6.41 Å². The number of hydrogen-bond acceptors (Lipinski definition) is 4. The van der Waals surface area contributed by atoms with Gasteiger partial charge in [-0.3, -0.25) is 9.59 Å². The highest BCUT2D eigenvalue weighted by Crippen LogP contribution is 2.27. The molecule has 0 bridgehead atoms. The molecule has 0 aromatic rings. The Morgan fingerprint density at radius 3 is 2.55 bits per heavy atom. The van der Waals surface area contributed by atoms with Crippen molar-refractivity contribution in [2.24, 2.45) is 0 Å². The molecule has 3 fully saturated rings. The van der Waals surface area contributed by atoms with Gasteiger partial charge in [0.25, 0.3) is 0 Å². The van der Waals surface area contributed by atoms with Crippen molar-refractivity contribution in [3.8, 4) is 0 Å². The number of carbonyl (C=O) groups is 1. The van der Waals surface area contributed by atoms with E-state index in [9.17, 15) is 14.7 Å². The van der Waals surface area contributed by atoms with E-state index >= 15 is 0 Å². The maximum absolute atomic E-state index is 12.9. The first kappa shape index (κ1) is 15.7. The van der Waals surface area contributed by atoms with Gasteiger partial charge in [0, 0.05) is 19.1 Å². The van der Waals surface area contributed by atoms with Gasteiger partial charge in [0.1, 0.15) is 6.04 Å². The molecule has 3 aliphatic rings. The Morgan fingerprint density at radius 2 is 1.86 bits per heavy atom. The van der Waals surface area contributed by atoms with Crippen LogP contribution in [0.25, 0.3) is 0 Å². The Kier molecular flexibility index (Phi) is 4.98. The Hall–Kier alpha value is -1.14. The number of amides is 2. The zero-order chi connectivity index (χ0) is 15.5. The van der Waals surface area contributed by atoms with Gasteiger partial charge < -0.3 is 19.8 Å². The van der Waals surface area contributed by atoms with Crippen LogP contribution in [-0.4, -0.2) is 83.0 Å². The average Bonchev–Trinajstić information content (AvgIpc) is 3.24. The molecule has 3 atom stereocenters. The number of hydrogen-bond donors (Lipinski definition) is 1. The van der Waals surface area contributed by atoms with E-state index in [-0.39, 0.29) is 18.6 Å². The predicted molar refractivity (Wildman–Crippen MR) is 81.8 cm³/mol. The fraction of sp³-hybridized carbons (Fsp3) is 0.875. The summed E-state index contributed by atoms with van der Waals surface area (Å²) in [6, 6.07) is -0.0756. The molecule has 2 amide bonds. The average molecular weight is 308 g/mol. The maximum Gasteiger partial charge on any atom is 0.312 e. The largest absolute Gasteiger partial charge is 0.394 e. The normalized spacial score (nSPS) is 33.4. The third-order valence-electron chi connectivity index (χ3n) is 5.51. The second-order valence-corrected chi connectivity index (χ2v) is 6.73. The minimum absolute atomic E-state index is 0.00352. The summed E-state index contributed by atoms with van der Waals surface area (Å²) in [5.41, 5.74) is 0. The lowest BCUT2D eigenvalue weighted by atomic mass is 9.95. The van der Waals surface area contributed by atoms with Crippen LogP contribution in [0.4, 0.5) is 0 Å². The zero-order valence-electron chi connectivity index (χ0n) is 13.1. The smallest absolute Gasteiger partial charge is 0.312 e. The van der Waals surface area contributed by atoms with E-state index in [4.69, 9.17) is 0 Å². The van der Waals surface area contributed by atoms with Gasteiger partial charge in [0.2, 0.25) is 5.91 Å². The van der Waals surface area contributed by atoms with E-state index in [0.29, 0.717) is 25.6 Å². The predicted octanol–water partition coefficient (Wildman–Crippen LogP) is -0.0343. The molecule has 0 saturated carbocycles. The van der Waals surface area contributed by atoms with Crippen molar-refractivity contribution in [2.45, 2.75) is 56.7 Å². The summed E-state index contributed by atoms with van der Waals surface area (Å²) in [7, 11) is 0. The van der Waals surface area contributed by atoms with Gasteiger partial charge in [-0.1, -0.05) is 0 Å². The first-order valence-electron chi connectivity index (χ1n) is 8.54. The summed E-state index contributed by atoms with van der Waals surface area (Å²) < 4.78 is 0. The first-order chi connectivity index (χ1) is 10.7. The fourth-order valence-corrected chi connectivity index (χ4v) is 4.24. The Labute approximate surface area is 132 Å². The van der Waals surface area contributed by atoms with Crippen LogP contribution in [0.5, 0.6) is 0 Å². The number of aliphatic hydroxyl groups excluding tert-OH is 1. The molecule has 3 unspecified atom stereocenters. The summed E-state index contributed by atoms with van der Waals surface area (Å²) in [6.07, 6.45) is 7.86. The van der Waals surface area contributed by atoms with Crippen LogP contribution in [0.2, 0.25) is 0 Å². The molecule has 0 aromatic carbocycles. The van der Waals surface area contributed by atoms with Crippen molar-refractivity contribution in [3.63, 3.8) is 0 Å². The van der Waals surface area contributed by atoms with Crippen molar-refractivity contribution in [1.29, 1.82) is 0 Å². The van der Waals surface area contributed by atoms with Gasteiger partial charge in [0.15, 0.2) is 0 Å². The number of carbonyl (C=O) groups excluding carboxylic acids is 2. The molecule has 3 aliphatic heterocycles. The second kappa shape index (κ2) is 6.96. The molecule has 1 N–H and O–H groups in total. The lowest BCUT2D eigenvalue weighted by molar-refractivity contribution is -0.139. The number of aliphatic hydroxyl groups is 1. The van der Waals surface area contributed by atoms with Crippen molar-refractivity contribution >= 4 is 12.3 Å². The minimum atomic E-state index is -0.399. The van der Waals surface area contributed by atoms with Crippen LogP contribution in [0.15, 0.2) is 0 Å². The van der Waals surface area contributed by atoms with E-state index < -0.39 is 6.04 Å². The van der Waals surface area contributed by atoms with E-state index in [2.05, 4.69) is 4.90 Å². The van der Waals surface area contributed by atoms with Crippen molar-refractivity contribution in [3.05, 3.63) is 0 Å². The van der Waals surface area contributed by atoms with Gasteiger partial charge in [-0.05, 0) is 51.6 Å². The molecule has 123 valence electrons. The lowest BCUT2D eigenvalue weighted by Gasteiger charge is -2.41. The van der Waals surface area contributed by atoms with Gasteiger partial charge >= 0.3 is 6.41 Å². The molecule has 22 heavy (non-hydrogen) atoms. The summed E-state index contributed by atoms with van der Waals surface area (Å²) in [6.45, 7) is 3.54. The van der Waals surface area contributed by atoms with Crippen molar-refractivity contribution < 1.29 is 14.7 Å². The molecule has 0 aromatic heterocycles. The highest BCUT2D eigenvalue weighted by atomic mass is 16.3. The van der Waals surface area contributed by atoms with Crippen molar-refractivity contribution in [2.75, 3.05) is 32.8 Å². The van der Waals surface area contributed by atoms with Crippen LogP contribution in [0, 0.1) is 0 Å². The molecule has 0 aliphatic carbocycles. The number of piperidine rings is 1. The lowest BCUT2D eigenvalue weighted by Crippen LogP contribution is -2.56. The van der Waals surface area contributed by atoms with Gasteiger partial charge in [0.05, 0.1) is 12.6 Å². The SMILES string of the molecule is O=[C]N1CCC(N2CCCC2)CC1C(=O)N1CCCC1CO. The van der Waals surface area contributed by atoms with E-state index in [0.717, 1.165) is 32.4 Å². The zero-order valence-corrected chi connectivity index (χ0v) is 13.1. The summed E-state index contributed by atoms with van der Waals surface area (Å²) >= 11 is 0. The quantitative estimate of drug-likeness (QED) is 0.792. The topological polar surface area (TPSA) is 64.1 Å². The molecule has 6 heteroatoms. The fourth-order valence-electron chi connectivity index (χ4n) is 4.24. The molecule has 3 rings (SSSR count).